The van der Waals surface area contributed by atoms with Crippen molar-refractivity contribution in [3.63, 3.8) is 0 Å². The molecule has 3 aromatic carbocycles. The van der Waals surface area contributed by atoms with Crippen molar-refractivity contribution in [3.05, 3.63) is 82.9 Å². The lowest BCUT2D eigenvalue weighted by Gasteiger charge is -2.26. The third kappa shape index (κ3) is 6.54. The van der Waals surface area contributed by atoms with E-state index < -0.39 is 22.5 Å². The summed E-state index contributed by atoms with van der Waals surface area (Å²) in [7, 11) is -2.57. The molecular weight excluding hydrogens is 464 g/mol. The predicted octanol–water partition coefficient (Wildman–Crippen LogP) is 4.32. The van der Waals surface area contributed by atoms with Crippen LogP contribution < -0.4 is 19.1 Å². The van der Waals surface area contributed by atoms with Gasteiger partial charge in [0.25, 0.3) is 10.0 Å². The monoisotopic (exact) mass is 496 g/mol. The average molecular weight is 497 g/mol. The first kappa shape index (κ1) is 26.1. The first-order valence-corrected chi connectivity index (χ1v) is 12.8. The Labute approximate surface area is 207 Å². The molecule has 8 heteroatoms. The molecule has 0 aliphatic carbocycles. The highest BCUT2D eigenvalue weighted by atomic mass is 32.2. The largest absolute Gasteiger partial charge is 0.495 e. The van der Waals surface area contributed by atoms with Gasteiger partial charge in [-0.05, 0) is 80.8 Å². The van der Waals surface area contributed by atoms with Crippen LogP contribution in [0.3, 0.4) is 0 Å². The van der Waals surface area contributed by atoms with Crippen LogP contribution in [0.4, 0.5) is 5.69 Å². The van der Waals surface area contributed by atoms with Gasteiger partial charge in [0.2, 0.25) is 5.91 Å². The van der Waals surface area contributed by atoms with Gasteiger partial charge in [-0.3, -0.25) is 9.10 Å². The maximum Gasteiger partial charge on any atom is 0.264 e. The molecule has 7 nitrogen and oxygen atoms in total. The van der Waals surface area contributed by atoms with Gasteiger partial charge in [-0.15, -0.1) is 0 Å². The topological polar surface area (TPSA) is 84.9 Å². The average Bonchev–Trinajstić information content (AvgIpc) is 2.82. The van der Waals surface area contributed by atoms with Crippen LogP contribution in [0.1, 0.15) is 22.3 Å². The lowest BCUT2D eigenvalue weighted by atomic mass is 10.1. The maximum atomic E-state index is 13.6. The Balaban J connectivity index is 1.78. The number of hydrogen-bond acceptors (Lipinski definition) is 5. The maximum absolute atomic E-state index is 13.6. The van der Waals surface area contributed by atoms with Crippen molar-refractivity contribution in [2.75, 3.05) is 31.1 Å². The van der Waals surface area contributed by atoms with Gasteiger partial charge in [-0.1, -0.05) is 29.8 Å². The number of rotatable bonds is 10. The number of ether oxygens (including phenoxy) is 2. The smallest absolute Gasteiger partial charge is 0.264 e. The molecule has 3 rings (SSSR count). The summed E-state index contributed by atoms with van der Waals surface area (Å²) in [6, 6.07) is 17.5. The zero-order valence-electron chi connectivity index (χ0n) is 20.8. The van der Waals surface area contributed by atoms with Gasteiger partial charge in [0.1, 0.15) is 24.7 Å². The van der Waals surface area contributed by atoms with Crippen LogP contribution >= 0.6 is 0 Å². The molecule has 35 heavy (non-hydrogen) atoms. The van der Waals surface area contributed by atoms with E-state index in [0.29, 0.717) is 11.4 Å². The number of carbonyl (C=O) groups excluding carboxylic acids is 1. The van der Waals surface area contributed by atoms with E-state index in [0.717, 1.165) is 26.7 Å². The second kappa shape index (κ2) is 11.3. The van der Waals surface area contributed by atoms with E-state index in [9.17, 15) is 13.2 Å². The van der Waals surface area contributed by atoms with Crippen LogP contribution in [-0.2, 0) is 14.8 Å². The summed E-state index contributed by atoms with van der Waals surface area (Å²) < 4.78 is 39.4. The number of amides is 1. The van der Waals surface area contributed by atoms with E-state index in [-0.39, 0.29) is 18.0 Å². The van der Waals surface area contributed by atoms with Gasteiger partial charge in [0.05, 0.1) is 24.2 Å². The summed E-state index contributed by atoms with van der Waals surface area (Å²) in [4.78, 5) is 12.9. The standard InChI is InChI=1S/C27H32N2O5S/c1-19-6-11-24(12-7-19)35(31,32)29(25-16-20(2)8-13-26(25)33-5)18-27(30)28-14-15-34-23-10-9-21(3)22(4)17-23/h6-13,16-17H,14-15,18H2,1-5H3,(H,28,30). The summed E-state index contributed by atoms with van der Waals surface area (Å²) >= 11 is 0. The molecule has 0 atom stereocenters. The van der Waals surface area contributed by atoms with E-state index in [1.807, 2.05) is 52.0 Å². The van der Waals surface area contributed by atoms with Gasteiger partial charge in [0, 0.05) is 0 Å². The quantitative estimate of drug-likeness (QED) is 0.423. The van der Waals surface area contributed by atoms with Crippen molar-refractivity contribution in [1.29, 1.82) is 0 Å². The zero-order valence-corrected chi connectivity index (χ0v) is 21.6. The number of hydrogen-bond donors (Lipinski definition) is 1. The lowest BCUT2D eigenvalue weighted by Crippen LogP contribution is -2.42. The molecule has 0 heterocycles. The van der Waals surface area contributed by atoms with Crippen LogP contribution in [0.2, 0.25) is 0 Å². The molecule has 0 aromatic heterocycles. The van der Waals surface area contributed by atoms with Gasteiger partial charge in [-0.2, -0.15) is 0 Å². The van der Waals surface area contributed by atoms with Crippen molar-refractivity contribution in [2.45, 2.75) is 32.6 Å². The molecule has 0 radical (unpaired) electrons. The minimum absolute atomic E-state index is 0.0949. The third-order valence-corrected chi connectivity index (χ3v) is 7.44. The summed E-state index contributed by atoms with van der Waals surface area (Å²) in [6.45, 7) is 7.85. The molecule has 3 aromatic rings. The Hall–Kier alpha value is -3.52. The molecule has 0 saturated heterocycles. The number of methoxy groups -OCH3 is 1. The molecule has 1 amide bonds. The van der Waals surface area contributed by atoms with Crippen molar-refractivity contribution in [2.24, 2.45) is 0 Å². The molecule has 0 bridgehead atoms. The first-order chi connectivity index (χ1) is 16.6. The molecular formula is C27H32N2O5S. The first-order valence-electron chi connectivity index (χ1n) is 11.3. The SMILES string of the molecule is COc1ccc(C)cc1N(CC(=O)NCCOc1ccc(C)c(C)c1)S(=O)(=O)c1ccc(C)cc1. The Morgan fingerprint density at radius 1 is 0.886 bits per heavy atom. The lowest BCUT2D eigenvalue weighted by molar-refractivity contribution is -0.119. The highest BCUT2D eigenvalue weighted by Crippen LogP contribution is 2.33. The Morgan fingerprint density at radius 3 is 2.23 bits per heavy atom. The minimum Gasteiger partial charge on any atom is -0.495 e. The van der Waals surface area contributed by atoms with Crippen molar-refractivity contribution >= 4 is 21.6 Å². The van der Waals surface area contributed by atoms with Gasteiger partial charge >= 0.3 is 0 Å². The summed E-state index contributed by atoms with van der Waals surface area (Å²) in [5.74, 6) is 0.625. The fourth-order valence-electron chi connectivity index (χ4n) is 3.48. The summed E-state index contributed by atoms with van der Waals surface area (Å²) in [5.41, 5.74) is 4.37. The Kier molecular flexibility index (Phi) is 8.40. The molecule has 186 valence electrons. The zero-order chi connectivity index (χ0) is 25.6. The molecule has 1 N–H and O–H groups in total. The molecule has 0 unspecified atom stereocenters. The van der Waals surface area contributed by atoms with Gasteiger partial charge in [0.15, 0.2) is 0 Å². The van der Waals surface area contributed by atoms with Crippen LogP contribution in [0, 0.1) is 27.7 Å². The van der Waals surface area contributed by atoms with Crippen LogP contribution in [0.15, 0.2) is 65.6 Å². The van der Waals surface area contributed by atoms with E-state index in [1.165, 1.54) is 24.8 Å². The van der Waals surface area contributed by atoms with Crippen LogP contribution in [0.5, 0.6) is 11.5 Å². The number of carbonyl (C=O) groups is 1. The van der Waals surface area contributed by atoms with Gasteiger partial charge < -0.3 is 14.8 Å². The number of nitrogens with zero attached hydrogens (tertiary/aromatic N) is 1. The normalized spacial score (nSPS) is 11.1. The summed E-state index contributed by atoms with van der Waals surface area (Å²) in [5, 5.41) is 2.75. The second-order valence-electron chi connectivity index (χ2n) is 8.44. The fourth-order valence-corrected chi connectivity index (χ4v) is 4.90. The second-order valence-corrected chi connectivity index (χ2v) is 10.3. The Morgan fingerprint density at radius 2 is 1.57 bits per heavy atom. The third-order valence-electron chi connectivity index (χ3n) is 5.67. The molecule has 0 aliphatic heterocycles. The van der Waals surface area contributed by atoms with Gasteiger partial charge in [-0.25, -0.2) is 8.42 Å². The molecule has 0 spiro atoms. The van der Waals surface area contributed by atoms with Crippen molar-refractivity contribution in [3.8, 4) is 11.5 Å². The van der Waals surface area contributed by atoms with Crippen LogP contribution in [0.25, 0.3) is 0 Å². The van der Waals surface area contributed by atoms with E-state index in [2.05, 4.69) is 5.32 Å². The highest BCUT2D eigenvalue weighted by Gasteiger charge is 2.29. The van der Waals surface area contributed by atoms with Crippen molar-refractivity contribution < 1.29 is 22.7 Å². The fraction of sp³-hybridized carbons (Fsp3) is 0.296. The van der Waals surface area contributed by atoms with E-state index in [1.54, 1.807) is 24.3 Å². The van der Waals surface area contributed by atoms with Crippen LogP contribution in [-0.4, -0.2) is 41.1 Å². The number of nitrogens with one attached hydrogen (secondary N) is 1. The Bertz CT molecular complexity index is 1290. The number of sulfonamides is 1. The number of benzene rings is 3. The van der Waals surface area contributed by atoms with E-state index >= 15 is 0 Å². The molecule has 0 saturated carbocycles. The van der Waals surface area contributed by atoms with E-state index in [4.69, 9.17) is 9.47 Å². The number of anilines is 1. The summed E-state index contributed by atoms with van der Waals surface area (Å²) in [6.07, 6.45) is 0. The highest BCUT2D eigenvalue weighted by molar-refractivity contribution is 7.92. The predicted molar refractivity (Wildman–Crippen MR) is 138 cm³/mol. The minimum atomic E-state index is -4.04. The molecule has 0 aliphatic rings. The number of aryl methyl sites for hydroxylation is 4. The van der Waals surface area contributed by atoms with Crippen molar-refractivity contribution in [1.82, 2.24) is 5.32 Å². The molecule has 0 fully saturated rings.